The van der Waals surface area contributed by atoms with Crippen LogP contribution in [-0.4, -0.2) is 18.0 Å². The van der Waals surface area contributed by atoms with E-state index >= 15 is 0 Å². The molecule has 1 saturated carbocycles. The summed E-state index contributed by atoms with van der Waals surface area (Å²) in [6, 6.07) is 0. The molecule has 0 heterocycles. The van der Waals surface area contributed by atoms with Crippen molar-refractivity contribution in [1.82, 2.24) is 5.32 Å². The summed E-state index contributed by atoms with van der Waals surface area (Å²) in [5.74, 6) is 0.706. The Bertz CT molecular complexity index is 278. The van der Waals surface area contributed by atoms with E-state index in [0.717, 1.165) is 38.6 Å². The zero-order valence-electron chi connectivity index (χ0n) is 12.5. The van der Waals surface area contributed by atoms with Gasteiger partial charge in [0.1, 0.15) is 0 Å². The van der Waals surface area contributed by atoms with E-state index in [1.54, 1.807) is 0 Å². The minimum absolute atomic E-state index is 0.0547. The van der Waals surface area contributed by atoms with Crippen molar-refractivity contribution in [3.8, 4) is 0 Å². The van der Waals surface area contributed by atoms with Crippen molar-refractivity contribution >= 4 is 5.91 Å². The highest BCUT2D eigenvalue weighted by molar-refractivity contribution is 5.86. The van der Waals surface area contributed by atoms with Gasteiger partial charge in [0.15, 0.2) is 0 Å². The number of carbonyl (C=O) groups excluding carboxylic acids is 1. The highest BCUT2D eigenvalue weighted by Gasteiger charge is 2.35. The first kappa shape index (κ1) is 15.5. The summed E-state index contributed by atoms with van der Waals surface area (Å²) < 4.78 is 0. The van der Waals surface area contributed by atoms with Gasteiger partial charge in [-0.15, -0.1) is 0 Å². The van der Waals surface area contributed by atoms with Crippen LogP contribution in [0.5, 0.6) is 0 Å². The van der Waals surface area contributed by atoms with Crippen LogP contribution < -0.4 is 11.1 Å². The number of amides is 1. The molecule has 3 heteroatoms. The third kappa shape index (κ3) is 4.60. The molecular weight excluding hydrogens is 224 g/mol. The predicted molar refractivity (Wildman–Crippen MR) is 76.2 cm³/mol. The van der Waals surface area contributed by atoms with E-state index in [1.165, 1.54) is 6.42 Å². The zero-order chi connectivity index (χ0) is 13.8. The van der Waals surface area contributed by atoms with E-state index in [1.807, 2.05) is 0 Å². The first-order chi connectivity index (χ1) is 8.25. The second-order valence-corrected chi connectivity index (χ2v) is 7.16. The lowest BCUT2D eigenvalue weighted by molar-refractivity contribution is -0.128. The van der Waals surface area contributed by atoms with E-state index < -0.39 is 5.54 Å². The van der Waals surface area contributed by atoms with Crippen LogP contribution in [0.1, 0.15) is 66.2 Å². The monoisotopic (exact) mass is 254 g/mol. The van der Waals surface area contributed by atoms with Crippen molar-refractivity contribution in [2.75, 3.05) is 6.54 Å². The molecule has 3 N–H and O–H groups in total. The van der Waals surface area contributed by atoms with Gasteiger partial charge >= 0.3 is 0 Å². The van der Waals surface area contributed by atoms with Crippen LogP contribution in [0.2, 0.25) is 0 Å². The van der Waals surface area contributed by atoms with Crippen molar-refractivity contribution in [3.05, 3.63) is 0 Å². The summed E-state index contributed by atoms with van der Waals surface area (Å²) in [7, 11) is 0. The summed E-state index contributed by atoms with van der Waals surface area (Å²) in [6.07, 6.45) is 6.17. The first-order valence-electron chi connectivity index (χ1n) is 7.32. The topological polar surface area (TPSA) is 55.1 Å². The Morgan fingerprint density at radius 1 is 1.28 bits per heavy atom. The summed E-state index contributed by atoms with van der Waals surface area (Å²) in [4.78, 5) is 12.2. The van der Waals surface area contributed by atoms with Gasteiger partial charge in [-0.25, -0.2) is 0 Å². The Morgan fingerprint density at radius 3 is 2.33 bits per heavy atom. The largest absolute Gasteiger partial charge is 0.354 e. The zero-order valence-corrected chi connectivity index (χ0v) is 12.5. The average molecular weight is 254 g/mol. The van der Waals surface area contributed by atoms with Crippen molar-refractivity contribution in [2.24, 2.45) is 17.1 Å². The van der Waals surface area contributed by atoms with E-state index in [9.17, 15) is 4.79 Å². The molecule has 1 aliphatic carbocycles. The number of rotatable bonds is 5. The van der Waals surface area contributed by atoms with Crippen LogP contribution >= 0.6 is 0 Å². The summed E-state index contributed by atoms with van der Waals surface area (Å²) in [5, 5.41) is 3.07. The maximum absolute atomic E-state index is 12.2. The molecule has 1 amide bonds. The Hall–Kier alpha value is -0.570. The van der Waals surface area contributed by atoms with Gasteiger partial charge in [0.25, 0.3) is 0 Å². The van der Waals surface area contributed by atoms with E-state index in [-0.39, 0.29) is 11.3 Å². The van der Waals surface area contributed by atoms with E-state index in [2.05, 4.69) is 33.0 Å². The molecule has 0 aromatic rings. The molecular formula is C15H30N2O. The van der Waals surface area contributed by atoms with Crippen LogP contribution in [-0.2, 0) is 4.79 Å². The smallest absolute Gasteiger partial charge is 0.240 e. The molecule has 106 valence electrons. The van der Waals surface area contributed by atoms with Crippen molar-refractivity contribution in [3.63, 3.8) is 0 Å². The normalized spacial score (nSPS) is 19.9. The molecule has 1 aliphatic rings. The summed E-state index contributed by atoms with van der Waals surface area (Å²) >= 11 is 0. The van der Waals surface area contributed by atoms with Crippen molar-refractivity contribution < 1.29 is 4.79 Å². The second kappa shape index (κ2) is 6.05. The molecule has 0 radical (unpaired) electrons. The summed E-state index contributed by atoms with van der Waals surface area (Å²) in [6.45, 7) is 9.57. The first-order valence-corrected chi connectivity index (χ1v) is 7.32. The molecule has 18 heavy (non-hydrogen) atoms. The molecule has 1 rings (SSSR count). The van der Waals surface area contributed by atoms with Gasteiger partial charge < -0.3 is 11.1 Å². The Labute approximate surface area is 112 Å². The minimum atomic E-state index is -0.605. The second-order valence-electron chi connectivity index (χ2n) is 7.16. The van der Waals surface area contributed by atoms with Crippen LogP contribution in [0.25, 0.3) is 0 Å². The Morgan fingerprint density at radius 2 is 1.83 bits per heavy atom. The van der Waals surface area contributed by atoms with Gasteiger partial charge in [-0.2, -0.15) is 0 Å². The lowest BCUT2D eigenvalue weighted by atomic mass is 9.80. The fourth-order valence-electron chi connectivity index (χ4n) is 3.08. The molecule has 0 aromatic carbocycles. The van der Waals surface area contributed by atoms with Crippen LogP contribution in [0, 0.1) is 11.3 Å². The lowest BCUT2D eigenvalue weighted by Crippen LogP contribution is -2.56. The van der Waals surface area contributed by atoms with E-state index in [4.69, 9.17) is 5.73 Å². The number of carbonyl (C=O) groups is 1. The van der Waals surface area contributed by atoms with Gasteiger partial charge in [0, 0.05) is 6.54 Å². The molecule has 0 atom stereocenters. The van der Waals surface area contributed by atoms with Crippen LogP contribution in [0.15, 0.2) is 0 Å². The molecule has 0 aromatic heterocycles. The van der Waals surface area contributed by atoms with Crippen LogP contribution in [0.3, 0.4) is 0 Å². The fourth-order valence-corrected chi connectivity index (χ4v) is 3.08. The number of nitrogens with one attached hydrogen (secondary N) is 1. The molecule has 1 fully saturated rings. The minimum Gasteiger partial charge on any atom is -0.354 e. The maximum Gasteiger partial charge on any atom is 0.240 e. The molecule has 0 spiro atoms. The Balaban J connectivity index is 2.45. The third-order valence-corrected chi connectivity index (χ3v) is 3.89. The third-order valence-electron chi connectivity index (χ3n) is 3.89. The summed E-state index contributed by atoms with van der Waals surface area (Å²) in [5.41, 5.74) is 5.76. The number of hydrogen-bond donors (Lipinski definition) is 2. The standard InChI is InChI=1S/C15H30N2O/c1-12(2)10-14(3,4)11-17-13(18)15(16)8-6-5-7-9-15/h12H,5-11,16H2,1-4H3,(H,17,18). The lowest BCUT2D eigenvalue weighted by Gasteiger charge is -2.34. The van der Waals surface area contributed by atoms with Crippen LogP contribution in [0.4, 0.5) is 0 Å². The van der Waals surface area contributed by atoms with Gasteiger partial charge in [0.2, 0.25) is 5.91 Å². The molecule has 0 bridgehead atoms. The molecule has 0 saturated heterocycles. The highest BCUT2D eigenvalue weighted by atomic mass is 16.2. The van der Waals surface area contributed by atoms with Gasteiger partial charge in [0.05, 0.1) is 5.54 Å². The highest BCUT2D eigenvalue weighted by Crippen LogP contribution is 2.27. The Kier molecular flexibility index (Phi) is 5.20. The number of nitrogens with two attached hydrogens (primary N) is 1. The maximum atomic E-state index is 12.2. The van der Waals surface area contributed by atoms with Gasteiger partial charge in [-0.05, 0) is 30.6 Å². The number of hydrogen-bond acceptors (Lipinski definition) is 2. The average Bonchev–Trinajstić information content (AvgIpc) is 2.25. The van der Waals surface area contributed by atoms with E-state index in [0.29, 0.717) is 5.92 Å². The van der Waals surface area contributed by atoms with Gasteiger partial charge in [-0.1, -0.05) is 47.0 Å². The molecule has 0 aliphatic heterocycles. The van der Waals surface area contributed by atoms with Crippen molar-refractivity contribution in [2.45, 2.75) is 71.8 Å². The predicted octanol–water partition coefficient (Wildman–Crippen LogP) is 2.84. The van der Waals surface area contributed by atoms with Gasteiger partial charge in [-0.3, -0.25) is 4.79 Å². The molecule has 3 nitrogen and oxygen atoms in total. The van der Waals surface area contributed by atoms with Crippen molar-refractivity contribution in [1.29, 1.82) is 0 Å². The fraction of sp³-hybridized carbons (Fsp3) is 0.933. The molecule has 0 unspecified atom stereocenters. The quantitative estimate of drug-likeness (QED) is 0.792. The SMILES string of the molecule is CC(C)CC(C)(C)CNC(=O)C1(N)CCCCC1.